The Labute approximate surface area is 115 Å². The van der Waals surface area contributed by atoms with Crippen LogP contribution in [0.25, 0.3) is 0 Å². The predicted molar refractivity (Wildman–Crippen MR) is 76.2 cm³/mol. The lowest BCUT2D eigenvalue weighted by molar-refractivity contribution is 0.102. The zero-order valence-corrected chi connectivity index (χ0v) is 11.0. The first-order valence-corrected chi connectivity index (χ1v) is 5.99. The number of halogens is 1. The number of nitrogen functional groups attached to an aromatic ring is 1. The van der Waals surface area contributed by atoms with E-state index >= 15 is 0 Å². The van der Waals surface area contributed by atoms with Gasteiger partial charge in [-0.3, -0.25) is 4.79 Å². The van der Waals surface area contributed by atoms with Gasteiger partial charge >= 0.3 is 0 Å². The van der Waals surface area contributed by atoms with Crippen LogP contribution < -0.4 is 16.6 Å². The van der Waals surface area contributed by atoms with E-state index in [2.05, 4.69) is 15.7 Å². The molecular weight excluding hydrogens is 264 g/mol. The van der Waals surface area contributed by atoms with Gasteiger partial charge in [0.2, 0.25) is 0 Å². The molecule has 2 rings (SSSR count). The van der Waals surface area contributed by atoms with E-state index in [-0.39, 0.29) is 16.6 Å². The molecule has 1 heterocycles. The molecule has 4 N–H and O–H groups in total. The monoisotopic (exact) mass is 276 g/mol. The van der Waals surface area contributed by atoms with Crippen molar-refractivity contribution < 1.29 is 4.79 Å². The quantitative estimate of drug-likeness (QED) is 0.595. The number of hydrogen-bond acceptors (Lipinski definition) is 4. The molecule has 0 unspecified atom stereocenters. The number of benzene rings is 1. The highest BCUT2D eigenvalue weighted by Crippen LogP contribution is 2.19. The molecule has 0 aliphatic heterocycles. The number of nitrogens with two attached hydrogens (primary N) is 1. The average molecular weight is 277 g/mol. The summed E-state index contributed by atoms with van der Waals surface area (Å²) in [6.45, 7) is 1.91. The second kappa shape index (κ2) is 5.69. The van der Waals surface area contributed by atoms with Crippen molar-refractivity contribution in [2.75, 3.05) is 10.7 Å². The van der Waals surface area contributed by atoms with Gasteiger partial charge in [0.25, 0.3) is 5.91 Å². The Bertz CT molecular complexity index is 615. The van der Waals surface area contributed by atoms with Crippen molar-refractivity contribution in [3.63, 3.8) is 0 Å². The maximum atomic E-state index is 12.1. The number of carbonyl (C=O) groups excluding carboxylic acids is 1. The third-order valence-corrected chi connectivity index (χ3v) is 2.91. The second-order valence-electron chi connectivity index (χ2n) is 3.94. The van der Waals surface area contributed by atoms with Crippen LogP contribution in [0.3, 0.4) is 0 Å². The van der Waals surface area contributed by atoms with Gasteiger partial charge in [-0.25, -0.2) is 10.8 Å². The Morgan fingerprint density at radius 1 is 1.26 bits per heavy atom. The number of para-hydroxylation sites is 1. The fourth-order valence-corrected chi connectivity index (χ4v) is 1.77. The van der Waals surface area contributed by atoms with Crippen molar-refractivity contribution in [1.29, 1.82) is 0 Å². The van der Waals surface area contributed by atoms with Gasteiger partial charge in [0.1, 0.15) is 11.5 Å². The van der Waals surface area contributed by atoms with E-state index < -0.39 is 0 Å². The molecule has 0 spiro atoms. The summed E-state index contributed by atoms with van der Waals surface area (Å²) in [5, 5.41) is 3.03. The molecule has 19 heavy (non-hydrogen) atoms. The third-order valence-electron chi connectivity index (χ3n) is 2.60. The number of pyridine rings is 1. The molecule has 0 aliphatic carbocycles. The molecule has 1 aromatic carbocycles. The number of rotatable bonds is 3. The Hall–Kier alpha value is -2.11. The summed E-state index contributed by atoms with van der Waals surface area (Å²) >= 11 is 5.96. The van der Waals surface area contributed by atoms with Crippen LogP contribution in [-0.4, -0.2) is 10.9 Å². The van der Waals surface area contributed by atoms with Gasteiger partial charge < -0.3 is 10.7 Å². The fraction of sp³-hybridized carbons (Fsp3) is 0.0769. The Morgan fingerprint density at radius 3 is 2.68 bits per heavy atom. The highest BCUT2D eigenvalue weighted by atomic mass is 35.5. The molecule has 0 bridgehead atoms. The molecule has 0 saturated carbocycles. The van der Waals surface area contributed by atoms with E-state index in [0.29, 0.717) is 5.82 Å². The normalized spacial score (nSPS) is 10.1. The number of nitrogens with zero attached hydrogens (tertiary/aromatic N) is 1. The van der Waals surface area contributed by atoms with Crippen LogP contribution >= 0.6 is 11.6 Å². The summed E-state index contributed by atoms with van der Waals surface area (Å²) in [5.74, 6) is 5.25. The van der Waals surface area contributed by atoms with Crippen molar-refractivity contribution in [1.82, 2.24) is 4.98 Å². The molecule has 6 heteroatoms. The molecular formula is C13H13ClN4O. The molecule has 0 radical (unpaired) electrons. The van der Waals surface area contributed by atoms with Crippen LogP contribution in [-0.2, 0) is 0 Å². The minimum atomic E-state index is -0.378. The number of hydrazine groups is 1. The topological polar surface area (TPSA) is 80.0 Å². The Kier molecular flexibility index (Phi) is 3.99. The van der Waals surface area contributed by atoms with Crippen LogP contribution in [0.1, 0.15) is 16.1 Å². The van der Waals surface area contributed by atoms with Crippen molar-refractivity contribution in [2.24, 2.45) is 5.84 Å². The zero-order chi connectivity index (χ0) is 13.8. The molecule has 0 atom stereocenters. The number of amides is 1. The first kappa shape index (κ1) is 13.3. The molecule has 1 aromatic heterocycles. The van der Waals surface area contributed by atoms with Gasteiger partial charge in [-0.05, 0) is 30.7 Å². The minimum Gasteiger partial charge on any atom is -0.320 e. The van der Waals surface area contributed by atoms with Crippen molar-refractivity contribution >= 4 is 29.0 Å². The summed E-state index contributed by atoms with van der Waals surface area (Å²) in [4.78, 5) is 16.2. The SMILES string of the molecule is Cc1ccccc1NC(=O)c1nc(NN)ccc1Cl. The van der Waals surface area contributed by atoms with Crippen LogP contribution in [0.2, 0.25) is 5.02 Å². The van der Waals surface area contributed by atoms with Crippen LogP contribution in [0.5, 0.6) is 0 Å². The average Bonchev–Trinajstić information content (AvgIpc) is 2.42. The summed E-state index contributed by atoms with van der Waals surface area (Å²) in [5.41, 5.74) is 4.18. The number of nitrogens with one attached hydrogen (secondary N) is 2. The maximum Gasteiger partial charge on any atom is 0.275 e. The minimum absolute atomic E-state index is 0.125. The van der Waals surface area contributed by atoms with Gasteiger partial charge in [-0.2, -0.15) is 0 Å². The van der Waals surface area contributed by atoms with Crippen LogP contribution in [0, 0.1) is 6.92 Å². The van der Waals surface area contributed by atoms with E-state index in [4.69, 9.17) is 17.4 Å². The standard InChI is InChI=1S/C13H13ClN4O/c1-8-4-2-3-5-10(8)16-13(19)12-9(14)6-7-11(17-12)18-15/h2-7H,15H2,1H3,(H,16,19)(H,17,18). The Balaban J connectivity index is 2.28. The molecule has 98 valence electrons. The van der Waals surface area contributed by atoms with Crippen molar-refractivity contribution in [2.45, 2.75) is 6.92 Å². The molecule has 0 saturated heterocycles. The zero-order valence-electron chi connectivity index (χ0n) is 10.3. The van der Waals surface area contributed by atoms with Crippen molar-refractivity contribution in [3.8, 4) is 0 Å². The Morgan fingerprint density at radius 2 is 2.00 bits per heavy atom. The number of aromatic nitrogens is 1. The lowest BCUT2D eigenvalue weighted by atomic mass is 10.2. The first-order valence-electron chi connectivity index (χ1n) is 5.62. The van der Waals surface area contributed by atoms with Gasteiger partial charge in [-0.15, -0.1) is 0 Å². The second-order valence-corrected chi connectivity index (χ2v) is 4.35. The molecule has 0 fully saturated rings. The largest absolute Gasteiger partial charge is 0.320 e. The van der Waals surface area contributed by atoms with Crippen molar-refractivity contribution in [3.05, 3.63) is 52.7 Å². The smallest absolute Gasteiger partial charge is 0.275 e. The predicted octanol–water partition coefficient (Wildman–Crippen LogP) is 2.58. The fourth-order valence-electron chi connectivity index (χ4n) is 1.58. The summed E-state index contributed by atoms with van der Waals surface area (Å²) < 4.78 is 0. The van der Waals surface area contributed by atoms with E-state index in [1.54, 1.807) is 12.1 Å². The molecule has 1 amide bonds. The highest BCUT2D eigenvalue weighted by molar-refractivity contribution is 6.34. The molecule has 2 aromatic rings. The third kappa shape index (κ3) is 3.01. The van der Waals surface area contributed by atoms with E-state index in [1.807, 2.05) is 31.2 Å². The van der Waals surface area contributed by atoms with E-state index in [1.165, 1.54) is 0 Å². The lowest BCUT2D eigenvalue weighted by Crippen LogP contribution is -2.17. The van der Waals surface area contributed by atoms with Crippen LogP contribution in [0.4, 0.5) is 11.5 Å². The van der Waals surface area contributed by atoms with E-state index in [0.717, 1.165) is 11.3 Å². The maximum absolute atomic E-state index is 12.1. The van der Waals surface area contributed by atoms with E-state index in [9.17, 15) is 4.79 Å². The molecule has 0 aliphatic rings. The van der Waals surface area contributed by atoms with Crippen LogP contribution in [0.15, 0.2) is 36.4 Å². The highest BCUT2D eigenvalue weighted by Gasteiger charge is 2.14. The summed E-state index contributed by atoms with van der Waals surface area (Å²) in [7, 11) is 0. The number of carbonyl (C=O) groups is 1. The first-order chi connectivity index (χ1) is 9.11. The van der Waals surface area contributed by atoms with Gasteiger partial charge in [0, 0.05) is 5.69 Å². The summed E-state index contributed by atoms with van der Waals surface area (Å²) in [6, 6.07) is 10.6. The summed E-state index contributed by atoms with van der Waals surface area (Å²) in [6.07, 6.45) is 0. The molecule has 5 nitrogen and oxygen atoms in total. The van der Waals surface area contributed by atoms with Gasteiger partial charge in [-0.1, -0.05) is 29.8 Å². The van der Waals surface area contributed by atoms with Gasteiger partial charge in [0.15, 0.2) is 0 Å². The number of hydrogen-bond donors (Lipinski definition) is 3. The van der Waals surface area contributed by atoms with Gasteiger partial charge in [0.05, 0.1) is 5.02 Å². The number of anilines is 2. The lowest BCUT2D eigenvalue weighted by Gasteiger charge is -2.09. The number of aryl methyl sites for hydroxylation is 1.